The number of ether oxygens (including phenoxy) is 1. The van der Waals surface area contributed by atoms with Gasteiger partial charge in [0.2, 0.25) is 11.2 Å². The largest absolute Gasteiger partial charge is 0.494 e. The van der Waals surface area contributed by atoms with Crippen LogP contribution in [0.3, 0.4) is 0 Å². The minimum Gasteiger partial charge on any atom is -0.494 e. The molecule has 0 aliphatic heterocycles. The van der Waals surface area contributed by atoms with Crippen LogP contribution in [0.25, 0.3) is 22.1 Å². The van der Waals surface area contributed by atoms with Gasteiger partial charge in [0.05, 0.1) is 17.6 Å². The first-order chi connectivity index (χ1) is 11.8. The summed E-state index contributed by atoms with van der Waals surface area (Å²) in [7, 11) is 0. The van der Waals surface area contributed by atoms with Crippen LogP contribution < -0.4 is 10.2 Å². The molecule has 3 aromatic rings. The van der Waals surface area contributed by atoms with Crippen molar-refractivity contribution in [1.82, 2.24) is 0 Å². The predicted octanol–water partition coefficient (Wildman–Crippen LogP) is 5.53. The molecule has 0 radical (unpaired) electrons. The lowest BCUT2D eigenvalue weighted by atomic mass is 10.0. The van der Waals surface area contributed by atoms with E-state index in [1.54, 1.807) is 13.0 Å². The van der Waals surface area contributed by atoms with Gasteiger partial charge in [-0.3, -0.25) is 4.79 Å². The molecule has 0 atom stereocenters. The molecular formula is C18H12ClF3O3. The van der Waals surface area contributed by atoms with Crippen molar-refractivity contribution in [1.29, 1.82) is 0 Å². The van der Waals surface area contributed by atoms with Crippen molar-refractivity contribution >= 4 is 22.6 Å². The molecule has 1 heterocycles. The average molecular weight is 369 g/mol. The van der Waals surface area contributed by atoms with Crippen LogP contribution in [0.5, 0.6) is 5.75 Å². The van der Waals surface area contributed by atoms with E-state index < -0.39 is 22.9 Å². The summed E-state index contributed by atoms with van der Waals surface area (Å²) in [5, 5.41) is 0.0527. The second-order valence-electron chi connectivity index (χ2n) is 5.20. The number of halogens is 4. The van der Waals surface area contributed by atoms with Crippen LogP contribution in [0.1, 0.15) is 12.7 Å². The number of hydrogen-bond donors (Lipinski definition) is 0. The molecule has 0 N–H and O–H groups in total. The van der Waals surface area contributed by atoms with E-state index in [0.29, 0.717) is 12.4 Å². The van der Waals surface area contributed by atoms with Gasteiger partial charge in [-0.2, -0.15) is 13.2 Å². The lowest BCUT2D eigenvalue weighted by Crippen LogP contribution is -2.16. The van der Waals surface area contributed by atoms with Crippen molar-refractivity contribution in [2.24, 2.45) is 0 Å². The van der Waals surface area contributed by atoms with Gasteiger partial charge >= 0.3 is 6.18 Å². The molecule has 0 aliphatic carbocycles. The van der Waals surface area contributed by atoms with E-state index in [0.717, 1.165) is 0 Å². The van der Waals surface area contributed by atoms with Crippen molar-refractivity contribution < 1.29 is 22.3 Å². The Bertz CT molecular complexity index is 993. The van der Waals surface area contributed by atoms with Gasteiger partial charge in [-0.1, -0.05) is 29.8 Å². The zero-order valence-corrected chi connectivity index (χ0v) is 13.7. The molecule has 1 aromatic heterocycles. The third kappa shape index (κ3) is 3.22. The number of fused-ring (bicyclic) bond motifs is 1. The van der Waals surface area contributed by atoms with Gasteiger partial charge < -0.3 is 9.15 Å². The molecule has 7 heteroatoms. The van der Waals surface area contributed by atoms with Crippen LogP contribution in [0.4, 0.5) is 13.2 Å². The Kier molecular flexibility index (Phi) is 4.47. The van der Waals surface area contributed by atoms with E-state index in [9.17, 15) is 18.0 Å². The molecular weight excluding hydrogens is 357 g/mol. The smallest absolute Gasteiger partial charge is 0.450 e. The SMILES string of the molecule is CCOc1ccc2c(=O)c(-c3ccccc3Cl)c(C(F)(F)F)oc2c1. The number of benzene rings is 2. The Hall–Kier alpha value is -2.47. The molecule has 0 aliphatic rings. The highest BCUT2D eigenvalue weighted by molar-refractivity contribution is 6.33. The van der Waals surface area contributed by atoms with Crippen LogP contribution in [-0.4, -0.2) is 6.61 Å². The summed E-state index contributed by atoms with van der Waals surface area (Å²) in [6.07, 6.45) is -4.86. The van der Waals surface area contributed by atoms with E-state index >= 15 is 0 Å². The molecule has 130 valence electrons. The van der Waals surface area contributed by atoms with Crippen molar-refractivity contribution in [2.45, 2.75) is 13.1 Å². The molecule has 0 spiro atoms. The second-order valence-corrected chi connectivity index (χ2v) is 5.61. The lowest BCUT2D eigenvalue weighted by Gasteiger charge is -2.14. The Labute approximate surface area is 145 Å². The fourth-order valence-electron chi connectivity index (χ4n) is 2.54. The standard InChI is InChI=1S/C18H12ClF3O3/c1-2-24-10-7-8-12-14(9-10)25-17(18(20,21)22)15(16(12)23)11-5-3-4-6-13(11)19/h3-9H,2H2,1H3. The molecule has 0 unspecified atom stereocenters. The van der Waals surface area contributed by atoms with E-state index in [4.69, 9.17) is 20.8 Å². The molecule has 0 amide bonds. The van der Waals surface area contributed by atoms with Gasteiger partial charge in [0, 0.05) is 16.7 Å². The fourth-order valence-corrected chi connectivity index (χ4v) is 2.77. The van der Waals surface area contributed by atoms with E-state index in [1.807, 2.05) is 0 Å². The van der Waals surface area contributed by atoms with Gasteiger partial charge in [0.15, 0.2) is 0 Å². The number of hydrogen-bond acceptors (Lipinski definition) is 3. The summed E-state index contributed by atoms with van der Waals surface area (Å²) in [5.41, 5.74) is -1.63. The molecule has 25 heavy (non-hydrogen) atoms. The maximum Gasteiger partial charge on any atom is 0.450 e. The number of alkyl halides is 3. The highest BCUT2D eigenvalue weighted by Crippen LogP contribution is 2.39. The van der Waals surface area contributed by atoms with Crippen molar-refractivity contribution in [3.63, 3.8) is 0 Å². The summed E-state index contributed by atoms with van der Waals surface area (Å²) in [4.78, 5) is 12.8. The fraction of sp³-hybridized carbons (Fsp3) is 0.167. The Balaban J connectivity index is 2.40. The lowest BCUT2D eigenvalue weighted by molar-refractivity contribution is -0.152. The zero-order valence-electron chi connectivity index (χ0n) is 13.0. The summed E-state index contributed by atoms with van der Waals surface area (Å²) >= 11 is 6.00. The quantitative estimate of drug-likeness (QED) is 0.610. The molecule has 2 aromatic carbocycles. The third-order valence-electron chi connectivity index (χ3n) is 3.58. The average Bonchev–Trinajstić information content (AvgIpc) is 2.55. The highest BCUT2D eigenvalue weighted by Gasteiger charge is 2.39. The minimum atomic E-state index is -4.86. The normalized spacial score (nSPS) is 11.7. The summed E-state index contributed by atoms with van der Waals surface area (Å²) < 4.78 is 50.9. The van der Waals surface area contributed by atoms with Crippen molar-refractivity contribution in [2.75, 3.05) is 6.61 Å². The highest BCUT2D eigenvalue weighted by atomic mass is 35.5. The van der Waals surface area contributed by atoms with E-state index in [1.165, 1.54) is 36.4 Å². The minimum absolute atomic E-state index is 0.0198. The molecule has 3 rings (SSSR count). The first-order valence-electron chi connectivity index (χ1n) is 7.38. The van der Waals surface area contributed by atoms with Gasteiger partial charge in [-0.25, -0.2) is 0 Å². The molecule has 0 fully saturated rings. The first-order valence-corrected chi connectivity index (χ1v) is 7.76. The topological polar surface area (TPSA) is 39.4 Å². The second kappa shape index (κ2) is 6.44. The van der Waals surface area contributed by atoms with Gasteiger partial charge in [0.1, 0.15) is 11.3 Å². The molecule has 0 bridgehead atoms. The Morgan fingerprint density at radius 3 is 2.52 bits per heavy atom. The van der Waals surface area contributed by atoms with E-state index in [2.05, 4.69) is 0 Å². The number of rotatable bonds is 3. The molecule has 3 nitrogen and oxygen atoms in total. The summed E-state index contributed by atoms with van der Waals surface area (Å²) in [6, 6.07) is 9.99. The Morgan fingerprint density at radius 1 is 1.16 bits per heavy atom. The van der Waals surface area contributed by atoms with Gasteiger partial charge in [-0.15, -0.1) is 0 Å². The van der Waals surface area contributed by atoms with Gasteiger partial charge in [-0.05, 0) is 25.1 Å². The predicted molar refractivity (Wildman–Crippen MR) is 89.1 cm³/mol. The Morgan fingerprint density at radius 2 is 1.88 bits per heavy atom. The van der Waals surface area contributed by atoms with E-state index in [-0.39, 0.29) is 21.6 Å². The summed E-state index contributed by atoms with van der Waals surface area (Å²) in [5.74, 6) is -1.07. The molecule has 0 saturated heterocycles. The summed E-state index contributed by atoms with van der Waals surface area (Å²) in [6.45, 7) is 2.07. The van der Waals surface area contributed by atoms with Crippen LogP contribution in [0, 0.1) is 0 Å². The maximum atomic E-state index is 13.5. The van der Waals surface area contributed by atoms with Crippen molar-refractivity contribution in [3.8, 4) is 16.9 Å². The first kappa shape index (κ1) is 17.4. The van der Waals surface area contributed by atoms with Crippen molar-refractivity contribution in [3.05, 3.63) is 63.5 Å². The zero-order chi connectivity index (χ0) is 18.2. The molecule has 0 saturated carbocycles. The van der Waals surface area contributed by atoms with Crippen LogP contribution in [-0.2, 0) is 6.18 Å². The van der Waals surface area contributed by atoms with Gasteiger partial charge in [0.25, 0.3) is 0 Å². The third-order valence-corrected chi connectivity index (χ3v) is 3.91. The van der Waals surface area contributed by atoms with Crippen LogP contribution >= 0.6 is 11.6 Å². The monoisotopic (exact) mass is 368 g/mol. The van der Waals surface area contributed by atoms with Crippen LogP contribution in [0.15, 0.2) is 51.7 Å². The maximum absolute atomic E-state index is 13.5. The van der Waals surface area contributed by atoms with Crippen LogP contribution in [0.2, 0.25) is 5.02 Å².